The fourth-order valence-electron chi connectivity index (χ4n) is 2.29. The predicted octanol–water partition coefficient (Wildman–Crippen LogP) is -0.257. The molecule has 0 saturated carbocycles. The number of morpholine rings is 1. The summed E-state index contributed by atoms with van der Waals surface area (Å²) in [5.74, 6) is 0.0209. The molecule has 18 heavy (non-hydrogen) atoms. The molecule has 0 bridgehead atoms. The van der Waals surface area contributed by atoms with E-state index >= 15 is 0 Å². The second-order valence-electron chi connectivity index (χ2n) is 4.79. The van der Waals surface area contributed by atoms with Gasteiger partial charge in [0.05, 0.1) is 6.61 Å². The van der Waals surface area contributed by atoms with Crippen molar-refractivity contribution in [1.82, 2.24) is 15.5 Å². The Labute approximate surface area is 109 Å². The van der Waals surface area contributed by atoms with Gasteiger partial charge >= 0.3 is 0 Å². The number of ether oxygens (including phenoxy) is 1. The maximum atomic E-state index is 12.0. The van der Waals surface area contributed by atoms with Crippen molar-refractivity contribution < 1.29 is 9.53 Å². The molecule has 0 radical (unpaired) electrons. The monoisotopic (exact) mass is 253 g/mol. The van der Waals surface area contributed by atoms with Crippen LogP contribution in [0.25, 0.3) is 0 Å². The maximum Gasteiger partial charge on any atom is 0.250 e. The molecule has 0 aliphatic carbocycles. The normalized spacial score (nSPS) is 25.6. The minimum absolute atomic E-state index is 0.0209. The Morgan fingerprint density at radius 2 is 2.56 bits per heavy atom. The molecule has 102 valence electrons. The molecule has 0 aromatic carbocycles. The summed E-state index contributed by atoms with van der Waals surface area (Å²) < 4.78 is 5.53. The van der Waals surface area contributed by atoms with E-state index in [1.54, 1.807) is 0 Å². The molecular formula is C13H23N3O2. The molecule has 1 fully saturated rings. The number of nitrogens with zero attached hydrogens (tertiary/aromatic N) is 1. The van der Waals surface area contributed by atoms with Crippen molar-refractivity contribution in [3.8, 4) is 0 Å². The Morgan fingerprint density at radius 3 is 3.28 bits per heavy atom. The summed E-state index contributed by atoms with van der Waals surface area (Å²) >= 11 is 0. The van der Waals surface area contributed by atoms with Crippen LogP contribution in [0.5, 0.6) is 0 Å². The van der Waals surface area contributed by atoms with E-state index < -0.39 is 0 Å². The first-order valence-electron chi connectivity index (χ1n) is 6.80. The molecule has 0 aromatic rings. The number of carbonyl (C=O) groups excluding carboxylic acids is 1. The number of likely N-dealkylation sites (N-methyl/N-ethyl adjacent to an activating group) is 1. The number of carbonyl (C=O) groups is 1. The molecule has 2 N–H and O–H groups in total. The van der Waals surface area contributed by atoms with Crippen LogP contribution < -0.4 is 10.6 Å². The molecular weight excluding hydrogens is 230 g/mol. The van der Waals surface area contributed by atoms with E-state index in [0.717, 1.165) is 32.6 Å². The number of rotatable bonds is 4. The van der Waals surface area contributed by atoms with E-state index in [-0.39, 0.29) is 12.0 Å². The van der Waals surface area contributed by atoms with Crippen LogP contribution in [0.2, 0.25) is 0 Å². The van der Waals surface area contributed by atoms with Crippen LogP contribution in [0.1, 0.15) is 13.3 Å². The highest BCUT2D eigenvalue weighted by molar-refractivity contribution is 5.81. The van der Waals surface area contributed by atoms with Gasteiger partial charge in [-0.3, -0.25) is 9.69 Å². The van der Waals surface area contributed by atoms with Crippen LogP contribution >= 0.6 is 0 Å². The molecule has 1 atom stereocenters. The summed E-state index contributed by atoms with van der Waals surface area (Å²) in [7, 11) is 0. The third-order valence-electron chi connectivity index (χ3n) is 3.54. The van der Waals surface area contributed by atoms with E-state index in [9.17, 15) is 4.79 Å². The Bertz CT molecular complexity index is 317. The Hall–Kier alpha value is -0.910. The van der Waals surface area contributed by atoms with E-state index in [2.05, 4.69) is 28.5 Å². The first kappa shape index (κ1) is 13.5. The van der Waals surface area contributed by atoms with Crippen molar-refractivity contribution in [1.29, 1.82) is 0 Å². The van der Waals surface area contributed by atoms with Crippen molar-refractivity contribution in [3.63, 3.8) is 0 Å². The predicted molar refractivity (Wildman–Crippen MR) is 70.4 cm³/mol. The Kier molecular flexibility index (Phi) is 5.16. The van der Waals surface area contributed by atoms with Gasteiger partial charge in [0.1, 0.15) is 6.10 Å². The summed E-state index contributed by atoms with van der Waals surface area (Å²) in [5.41, 5.74) is 1.31. The second-order valence-corrected chi connectivity index (χ2v) is 4.79. The minimum Gasteiger partial charge on any atom is -0.366 e. The number of hydrogen-bond acceptors (Lipinski definition) is 4. The standard InChI is InChI=1S/C13H23N3O2/c1-2-16-7-8-18-12(10-16)13(17)15-9-11-3-5-14-6-4-11/h3,12,14H,2,4-10H2,1H3,(H,15,17). The van der Waals surface area contributed by atoms with Gasteiger partial charge in [-0.15, -0.1) is 0 Å². The molecule has 2 aliphatic heterocycles. The van der Waals surface area contributed by atoms with Crippen molar-refractivity contribution >= 4 is 5.91 Å². The minimum atomic E-state index is -0.305. The molecule has 1 saturated heterocycles. The van der Waals surface area contributed by atoms with Gasteiger partial charge in [0.25, 0.3) is 5.91 Å². The second kappa shape index (κ2) is 6.87. The fraction of sp³-hybridized carbons (Fsp3) is 0.769. The van der Waals surface area contributed by atoms with Gasteiger partial charge in [-0.05, 0) is 19.5 Å². The molecule has 1 amide bonds. The van der Waals surface area contributed by atoms with Crippen LogP contribution in [0, 0.1) is 0 Å². The van der Waals surface area contributed by atoms with E-state index in [0.29, 0.717) is 19.7 Å². The average molecular weight is 253 g/mol. The Morgan fingerprint density at radius 1 is 1.67 bits per heavy atom. The summed E-state index contributed by atoms with van der Waals surface area (Å²) in [6.07, 6.45) is 2.87. The van der Waals surface area contributed by atoms with Crippen LogP contribution in [-0.2, 0) is 9.53 Å². The lowest BCUT2D eigenvalue weighted by atomic mass is 10.1. The first-order valence-corrected chi connectivity index (χ1v) is 6.80. The molecule has 2 heterocycles. The third kappa shape index (κ3) is 3.80. The Balaban J connectivity index is 1.75. The number of hydrogen-bond donors (Lipinski definition) is 2. The van der Waals surface area contributed by atoms with E-state index in [1.165, 1.54) is 5.57 Å². The largest absolute Gasteiger partial charge is 0.366 e. The molecule has 0 spiro atoms. The highest BCUT2D eigenvalue weighted by Crippen LogP contribution is 2.06. The molecule has 2 rings (SSSR count). The van der Waals surface area contributed by atoms with Crippen LogP contribution in [0.4, 0.5) is 0 Å². The fourth-order valence-corrected chi connectivity index (χ4v) is 2.29. The summed E-state index contributed by atoms with van der Waals surface area (Å²) in [5, 5.41) is 6.24. The number of amides is 1. The van der Waals surface area contributed by atoms with Gasteiger partial charge in [-0.1, -0.05) is 18.6 Å². The quantitative estimate of drug-likeness (QED) is 0.678. The lowest BCUT2D eigenvalue weighted by Gasteiger charge is -2.31. The summed E-state index contributed by atoms with van der Waals surface area (Å²) in [6.45, 7) is 7.95. The average Bonchev–Trinajstić information content (AvgIpc) is 2.46. The van der Waals surface area contributed by atoms with Gasteiger partial charge in [0.2, 0.25) is 0 Å². The van der Waals surface area contributed by atoms with Gasteiger partial charge in [-0.2, -0.15) is 0 Å². The molecule has 5 nitrogen and oxygen atoms in total. The van der Waals surface area contributed by atoms with Crippen LogP contribution in [0.15, 0.2) is 11.6 Å². The molecule has 1 unspecified atom stereocenters. The SMILES string of the molecule is CCN1CCOC(C(=O)NCC2=CCNCC2)C1. The highest BCUT2D eigenvalue weighted by Gasteiger charge is 2.25. The first-order chi connectivity index (χ1) is 8.79. The van der Waals surface area contributed by atoms with Crippen molar-refractivity contribution in [2.75, 3.05) is 45.9 Å². The molecule has 5 heteroatoms. The van der Waals surface area contributed by atoms with Crippen molar-refractivity contribution in [3.05, 3.63) is 11.6 Å². The van der Waals surface area contributed by atoms with Crippen LogP contribution in [0.3, 0.4) is 0 Å². The maximum absolute atomic E-state index is 12.0. The zero-order chi connectivity index (χ0) is 12.8. The third-order valence-corrected chi connectivity index (χ3v) is 3.54. The van der Waals surface area contributed by atoms with Gasteiger partial charge in [0, 0.05) is 26.2 Å². The van der Waals surface area contributed by atoms with E-state index in [1.807, 2.05) is 0 Å². The van der Waals surface area contributed by atoms with Crippen LogP contribution in [-0.4, -0.2) is 62.8 Å². The summed E-state index contributed by atoms with van der Waals surface area (Å²) in [6, 6.07) is 0. The lowest BCUT2D eigenvalue weighted by molar-refractivity contribution is -0.138. The van der Waals surface area contributed by atoms with Gasteiger partial charge in [-0.25, -0.2) is 0 Å². The van der Waals surface area contributed by atoms with Crippen molar-refractivity contribution in [2.45, 2.75) is 19.4 Å². The summed E-state index contributed by atoms with van der Waals surface area (Å²) in [4.78, 5) is 14.2. The van der Waals surface area contributed by atoms with Gasteiger partial charge in [0.15, 0.2) is 0 Å². The van der Waals surface area contributed by atoms with Gasteiger partial charge < -0.3 is 15.4 Å². The molecule has 0 aromatic heterocycles. The zero-order valence-corrected chi connectivity index (χ0v) is 11.1. The zero-order valence-electron chi connectivity index (χ0n) is 11.1. The number of nitrogens with one attached hydrogen (secondary N) is 2. The topological polar surface area (TPSA) is 53.6 Å². The lowest BCUT2D eigenvalue weighted by Crippen LogP contribution is -2.50. The molecule has 2 aliphatic rings. The smallest absolute Gasteiger partial charge is 0.250 e. The highest BCUT2D eigenvalue weighted by atomic mass is 16.5. The van der Waals surface area contributed by atoms with E-state index in [4.69, 9.17) is 4.74 Å². The van der Waals surface area contributed by atoms with Crippen molar-refractivity contribution in [2.24, 2.45) is 0 Å².